The van der Waals surface area contributed by atoms with Crippen LogP contribution in [0.25, 0.3) is 5.57 Å². The van der Waals surface area contributed by atoms with Crippen LogP contribution in [-0.4, -0.2) is 26.1 Å². The number of esters is 1. The third-order valence-corrected chi connectivity index (χ3v) is 3.35. The van der Waals surface area contributed by atoms with Gasteiger partial charge in [-0.1, -0.05) is 18.7 Å². The normalized spacial score (nSPS) is 9.88. The Bertz CT molecular complexity index is 774. The summed E-state index contributed by atoms with van der Waals surface area (Å²) in [7, 11) is 3.06. The molecule has 0 saturated carbocycles. The van der Waals surface area contributed by atoms with Crippen LogP contribution in [0.2, 0.25) is 0 Å². The maximum atomic E-state index is 12.4. The van der Waals surface area contributed by atoms with Crippen molar-refractivity contribution < 1.29 is 23.8 Å². The molecule has 2 aromatic rings. The van der Waals surface area contributed by atoms with Crippen molar-refractivity contribution in [2.75, 3.05) is 19.5 Å². The summed E-state index contributed by atoms with van der Waals surface area (Å²) in [6, 6.07) is 11.6. The number of carbonyl (C=O) groups excluding carboxylic acids is 2. The Morgan fingerprint density at radius 1 is 0.920 bits per heavy atom. The molecule has 2 aromatic carbocycles. The second-order valence-electron chi connectivity index (χ2n) is 5.15. The minimum absolute atomic E-state index is 0.274. The lowest BCUT2D eigenvalue weighted by Gasteiger charge is -2.11. The van der Waals surface area contributed by atoms with Gasteiger partial charge in [0.15, 0.2) is 0 Å². The Morgan fingerprint density at radius 2 is 1.48 bits per heavy atom. The van der Waals surface area contributed by atoms with Gasteiger partial charge in [-0.3, -0.25) is 9.59 Å². The Morgan fingerprint density at radius 3 is 1.96 bits per heavy atom. The number of benzene rings is 2. The van der Waals surface area contributed by atoms with Crippen molar-refractivity contribution in [3.8, 4) is 17.2 Å². The van der Waals surface area contributed by atoms with E-state index in [9.17, 15) is 9.59 Å². The monoisotopic (exact) mass is 341 g/mol. The van der Waals surface area contributed by atoms with E-state index in [0.29, 0.717) is 28.5 Å². The molecule has 0 aliphatic rings. The van der Waals surface area contributed by atoms with E-state index in [4.69, 9.17) is 14.2 Å². The molecular formula is C19H19NO5. The highest BCUT2D eigenvalue weighted by molar-refractivity contribution is 6.24. The topological polar surface area (TPSA) is 73.9 Å². The van der Waals surface area contributed by atoms with Gasteiger partial charge in [0.05, 0.1) is 14.2 Å². The van der Waals surface area contributed by atoms with Crippen molar-refractivity contribution in [1.82, 2.24) is 0 Å². The molecule has 0 radical (unpaired) electrons. The van der Waals surface area contributed by atoms with Crippen LogP contribution in [0.5, 0.6) is 17.2 Å². The molecule has 6 nitrogen and oxygen atoms in total. The van der Waals surface area contributed by atoms with E-state index < -0.39 is 5.97 Å². The van der Waals surface area contributed by atoms with Crippen molar-refractivity contribution in [3.05, 3.63) is 54.6 Å². The largest absolute Gasteiger partial charge is 0.497 e. The van der Waals surface area contributed by atoms with Crippen LogP contribution in [0.3, 0.4) is 0 Å². The molecular weight excluding hydrogens is 322 g/mol. The molecule has 6 heteroatoms. The first-order valence-corrected chi connectivity index (χ1v) is 7.45. The average Bonchev–Trinajstić information content (AvgIpc) is 2.60. The molecule has 2 rings (SSSR count). The number of anilines is 1. The molecule has 130 valence electrons. The molecule has 0 fully saturated rings. The van der Waals surface area contributed by atoms with Gasteiger partial charge in [-0.25, -0.2) is 0 Å². The van der Waals surface area contributed by atoms with Gasteiger partial charge in [0.1, 0.15) is 17.2 Å². The van der Waals surface area contributed by atoms with Crippen molar-refractivity contribution in [3.63, 3.8) is 0 Å². The SMILES string of the molecule is C=C(C(=O)Nc1cc(OC)cc(OC)c1)c1ccc(OC(C)=O)cc1. The number of hydrogen-bond donors (Lipinski definition) is 1. The minimum atomic E-state index is -0.406. The molecule has 25 heavy (non-hydrogen) atoms. The van der Waals surface area contributed by atoms with Gasteiger partial charge in [-0.2, -0.15) is 0 Å². The zero-order valence-corrected chi connectivity index (χ0v) is 14.3. The summed E-state index contributed by atoms with van der Waals surface area (Å²) in [4.78, 5) is 23.3. The highest BCUT2D eigenvalue weighted by Gasteiger charge is 2.12. The molecule has 0 unspecified atom stereocenters. The van der Waals surface area contributed by atoms with Gasteiger partial charge in [-0.05, 0) is 17.7 Å². The van der Waals surface area contributed by atoms with Gasteiger partial charge in [0.25, 0.3) is 5.91 Å². The van der Waals surface area contributed by atoms with Crippen LogP contribution in [0.1, 0.15) is 12.5 Å². The Hall–Kier alpha value is -3.28. The summed E-state index contributed by atoms with van der Waals surface area (Å²) in [6.07, 6.45) is 0. The fraction of sp³-hybridized carbons (Fsp3) is 0.158. The molecule has 0 aliphatic carbocycles. The smallest absolute Gasteiger partial charge is 0.308 e. The minimum Gasteiger partial charge on any atom is -0.497 e. The van der Waals surface area contributed by atoms with E-state index in [1.807, 2.05) is 0 Å². The number of carbonyl (C=O) groups is 2. The van der Waals surface area contributed by atoms with E-state index in [2.05, 4.69) is 11.9 Å². The number of hydrogen-bond acceptors (Lipinski definition) is 5. The summed E-state index contributed by atoms with van der Waals surface area (Å²) in [5, 5.41) is 2.75. The van der Waals surface area contributed by atoms with E-state index in [0.717, 1.165) is 0 Å². The molecule has 0 heterocycles. The van der Waals surface area contributed by atoms with Gasteiger partial charge < -0.3 is 19.5 Å². The number of nitrogens with one attached hydrogen (secondary N) is 1. The van der Waals surface area contributed by atoms with Crippen molar-refractivity contribution in [2.45, 2.75) is 6.92 Å². The first-order valence-electron chi connectivity index (χ1n) is 7.45. The van der Waals surface area contributed by atoms with Crippen LogP contribution in [-0.2, 0) is 9.59 Å². The number of amides is 1. The fourth-order valence-electron chi connectivity index (χ4n) is 2.11. The summed E-state index contributed by atoms with van der Waals surface area (Å²) < 4.78 is 15.3. The summed E-state index contributed by atoms with van der Waals surface area (Å²) in [5.41, 5.74) is 1.42. The molecule has 0 aliphatic heterocycles. The molecule has 1 amide bonds. The third kappa shape index (κ3) is 4.84. The maximum Gasteiger partial charge on any atom is 0.308 e. The van der Waals surface area contributed by atoms with Crippen LogP contribution in [0.4, 0.5) is 5.69 Å². The number of rotatable bonds is 6. The van der Waals surface area contributed by atoms with Gasteiger partial charge in [0, 0.05) is 36.4 Å². The summed E-state index contributed by atoms with van der Waals surface area (Å²) >= 11 is 0. The first-order chi connectivity index (χ1) is 11.9. The Balaban J connectivity index is 2.12. The predicted octanol–water partition coefficient (Wildman–Crippen LogP) is 3.28. The number of methoxy groups -OCH3 is 2. The zero-order chi connectivity index (χ0) is 18.4. The lowest BCUT2D eigenvalue weighted by Crippen LogP contribution is -2.13. The van der Waals surface area contributed by atoms with Gasteiger partial charge >= 0.3 is 5.97 Å². The highest BCUT2D eigenvalue weighted by atomic mass is 16.5. The molecule has 0 spiro atoms. The van der Waals surface area contributed by atoms with Crippen molar-refractivity contribution in [2.24, 2.45) is 0 Å². The van der Waals surface area contributed by atoms with Crippen LogP contribution >= 0.6 is 0 Å². The van der Waals surface area contributed by atoms with Crippen LogP contribution < -0.4 is 19.5 Å². The van der Waals surface area contributed by atoms with Crippen molar-refractivity contribution >= 4 is 23.1 Å². The lowest BCUT2D eigenvalue weighted by molar-refractivity contribution is -0.131. The van der Waals surface area contributed by atoms with E-state index in [-0.39, 0.29) is 11.5 Å². The third-order valence-electron chi connectivity index (χ3n) is 3.35. The Kier molecular flexibility index (Phi) is 5.79. The van der Waals surface area contributed by atoms with Gasteiger partial charge in [-0.15, -0.1) is 0 Å². The molecule has 1 N–H and O–H groups in total. The molecule has 0 aromatic heterocycles. The second-order valence-corrected chi connectivity index (χ2v) is 5.15. The van der Waals surface area contributed by atoms with Crippen LogP contribution in [0, 0.1) is 0 Å². The molecule has 0 bridgehead atoms. The average molecular weight is 341 g/mol. The zero-order valence-electron chi connectivity index (χ0n) is 14.3. The van der Waals surface area contributed by atoms with E-state index in [1.165, 1.54) is 21.1 Å². The predicted molar refractivity (Wildman–Crippen MR) is 95.0 cm³/mol. The first kappa shape index (κ1) is 18.1. The molecule has 0 saturated heterocycles. The Labute approximate surface area is 146 Å². The van der Waals surface area contributed by atoms with Crippen molar-refractivity contribution in [1.29, 1.82) is 0 Å². The van der Waals surface area contributed by atoms with E-state index >= 15 is 0 Å². The second kappa shape index (κ2) is 8.01. The van der Waals surface area contributed by atoms with Gasteiger partial charge in [0.2, 0.25) is 0 Å². The quantitative estimate of drug-likeness (QED) is 0.496. The fourth-order valence-corrected chi connectivity index (χ4v) is 2.11. The van der Waals surface area contributed by atoms with Crippen LogP contribution in [0.15, 0.2) is 49.0 Å². The summed E-state index contributed by atoms with van der Waals surface area (Å²) in [6.45, 7) is 5.14. The molecule has 0 atom stereocenters. The maximum absolute atomic E-state index is 12.4. The number of ether oxygens (including phenoxy) is 3. The lowest BCUT2D eigenvalue weighted by atomic mass is 10.1. The van der Waals surface area contributed by atoms with E-state index in [1.54, 1.807) is 42.5 Å². The summed E-state index contributed by atoms with van der Waals surface area (Å²) in [5.74, 6) is 0.755. The standard InChI is InChI=1S/C19H19NO5/c1-12(14-5-7-16(8-6-14)25-13(2)21)19(22)20-15-9-17(23-3)11-18(10-15)24-4/h5-11H,1H2,2-4H3,(H,20,22). The highest BCUT2D eigenvalue weighted by Crippen LogP contribution is 2.27.